The summed E-state index contributed by atoms with van der Waals surface area (Å²) >= 11 is 0. The van der Waals surface area contributed by atoms with E-state index in [0.717, 1.165) is 13.8 Å². The molecule has 0 fully saturated rings. The third-order valence-corrected chi connectivity index (χ3v) is 3.90. The van der Waals surface area contributed by atoms with Crippen LogP contribution in [-0.4, -0.2) is 35.6 Å². The number of ether oxygens (including phenoxy) is 1. The van der Waals surface area contributed by atoms with Gasteiger partial charge in [0.2, 0.25) is 0 Å². The highest BCUT2D eigenvalue weighted by atomic mass is 19.4. The van der Waals surface area contributed by atoms with Crippen LogP contribution >= 0.6 is 0 Å². The van der Waals surface area contributed by atoms with Crippen molar-refractivity contribution in [1.29, 1.82) is 0 Å². The van der Waals surface area contributed by atoms with Gasteiger partial charge in [0.05, 0.1) is 5.97 Å². The lowest BCUT2D eigenvalue weighted by Gasteiger charge is -2.42. The number of alkyl halides is 7. The van der Waals surface area contributed by atoms with Crippen molar-refractivity contribution >= 4 is 11.9 Å². The van der Waals surface area contributed by atoms with E-state index in [-0.39, 0.29) is 19.1 Å². The van der Waals surface area contributed by atoms with Crippen LogP contribution in [-0.2, 0) is 14.3 Å². The summed E-state index contributed by atoms with van der Waals surface area (Å²) in [4.78, 5) is 21.4. The van der Waals surface area contributed by atoms with Crippen molar-refractivity contribution in [3.8, 4) is 0 Å². The van der Waals surface area contributed by atoms with E-state index < -0.39 is 67.2 Å². The van der Waals surface area contributed by atoms with Gasteiger partial charge in [-0.2, -0.15) is 26.3 Å². The molecule has 11 heteroatoms. The SMILES string of the molecule is CC(C)C(F)(CCCCC(F)(F)F)C(F)(F)C(C)(F)OC(=O)C=CC(=O)[O-]. The molecule has 0 aromatic rings. The van der Waals surface area contributed by atoms with Gasteiger partial charge in [0, 0.05) is 19.4 Å². The number of esters is 1. The third-order valence-electron chi connectivity index (χ3n) is 3.90. The molecular formula is C16H20F7O4-. The standard InChI is InChI=1S/C16H21F7O4/c1-10(2)14(18,8-4-5-9-15(19,20)21)16(22,23)13(3,17)27-12(26)7-6-11(24)25/h6-7,10H,4-5,8-9H2,1-3H3,(H,24,25)/p-1. The lowest BCUT2D eigenvalue weighted by Crippen LogP contribution is -2.60. The molecule has 0 saturated carbocycles. The van der Waals surface area contributed by atoms with Crippen LogP contribution in [0.25, 0.3) is 0 Å². The van der Waals surface area contributed by atoms with Crippen molar-refractivity contribution in [3.63, 3.8) is 0 Å². The van der Waals surface area contributed by atoms with E-state index in [4.69, 9.17) is 0 Å². The Kier molecular flexibility index (Phi) is 8.32. The first-order valence-electron chi connectivity index (χ1n) is 7.90. The van der Waals surface area contributed by atoms with E-state index in [2.05, 4.69) is 4.74 Å². The van der Waals surface area contributed by atoms with Crippen molar-refractivity contribution in [2.75, 3.05) is 0 Å². The molecule has 0 aliphatic rings. The third kappa shape index (κ3) is 7.02. The highest BCUT2D eigenvalue weighted by Crippen LogP contribution is 2.50. The van der Waals surface area contributed by atoms with Crippen molar-refractivity contribution < 1.29 is 50.2 Å². The predicted octanol–water partition coefficient (Wildman–Crippen LogP) is 3.64. The number of carboxylic acid groups (broad SMARTS) is 1. The molecule has 0 bridgehead atoms. The number of halogens is 7. The van der Waals surface area contributed by atoms with E-state index in [1.165, 1.54) is 0 Å². The minimum absolute atomic E-state index is 0.0736. The zero-order chi connectivity index (χ0) is 21.7. The summed E-state index contributed by atoms with van der Waals surface area (Å²) in [6, 6.07) is 0. The first kappa shape index (κ1) is 25.2. The molecule has 0 radical (unpaired) electrons. The molecule has 0 amide bonds. The summed E-state index contributed by atoms with van der Waals surface area (Å²) < 4.78 is 98.6. The monoisotopic (exact) mass is 409 g/mol. The van der Waals surface area contributed by atoms with Gasteiger partial charge in [0.25, 0.3) is 0 Å². The fraction of sp³-hybridized carbons (Fsp3) is 0.750. The molecule has 0 rings (SSSR count). The number of rotatable bonds is 10. The molecule has 0 aromatic carbocycles. The van der Waals surface area contributed by atoms with Gasteiger partial charge in [0.1, 0.15) is 0 Å². The minimum Gasteiger partial charge on any atom is -0.545 e. The number of hydrogen-bond donors (Lipinski definition) is 0. The summed E-state index contributed by atoms with van der Waals surface area (Å²) in [7, 11) is 0. The smallest absolute Gasteiger partial charge is 0.389 e. The highest BCUT2D eigenvalue weighted by molar-refractivity contribution is 5.90. The average molecular weight is 409 g/mol. The van der Waals surface area contributed by atoms with Crippen molar-refractivity contribution in [2.24, 2.45) is 5.92 Å². The molecule has 0 aliphatic heterocycles. The van der Waals surface area contributed by atoms with Crippen LogP contribution in [0.3, 0.4) is 0 Å². The fourth-order valence-electron chi connectivity index (χ4n) is 2.31. The predicted molar refractivity (Wildman–Crippen MR) is 77.9 cm³/mol. The van der Waals surface area contributed by atoms with Crippen LogP contribution in [0.2, 0.25) is 0 Å². The highest BCUT2D eigenvalue weighted by Gasteiger charge is 2.69. The Bertz CT molecular complexity index is 555. The minimum atomic E-state index is -4.93. The van der Waals surface area contributed by atoms with Gasteiger partial charge in [-0.1, -0.05) is 13.8 Å². The Labute approximate surface area is 151 Å². The Balaban J connectivity index is 5.38. The van der Waals surface area contributed by atoms with Gasteiger partial charge >= 0.3 is 23.9 Å². The molecule has 0 saturated heterocycles. The lowest BCUT2D eigenvalue weighted by atomic mass is 9.78. The van der Waals surface area contributed by atoms with Crippen LogP contribution in [0.15, 0.2) is 12.2 Å². The summed E-state index contributed by atoms with van der Waals surface area (Å²) in [6.07, 6.45) is -8.04. The quantitative estimate of drug-likeness (QED) is 0.239. The summed E-state index contributed by atoms with van der Waals surface area (Å²) in [5.74, 6) is -14.4. The van der Waals surface area contributed by atoms with Gasteiger partial charge < -0.3 is 14.6 Å². The number of carbonyl (C=O) groups is 2. The second-order valence-corrected chi connectivity index (χ2v) is 6.40. The number of unbranched alkanes of at least 4 members (excludes halogenated alkanes) is 1. The van der Waals surface area contributed by atoms with Gasteiger partial charge in [-0.3, -0.25) is 0 Å². The van der Waals surface area contributed by atoms with Crippen molar-refractivity contribution in [2.45, 2.75) is 70.1 Å². The second kappa shape index (κ2) is 8.92. The Morgan fingerprint density at radius 1 is 0.963 bits per heavy atom. The molecule has 0 aromatic heterocycles. The summed E-state index contributed by atoms with van der Waals surface area (Å²) in [6.45, 7) is 2.03. The molecule has 0 spiro atoms. The maximum Gasteiger partial charge on any atom is 0.389 e. The molecule has 0 aliphatic carbocycles. The zero-order valence-electron chi connectivity index (χ0n) is 14.8. The molecule has 0 N–H and O–H groups in total. The van der Waals surface area contributed by atoms with Gasteiger partial charge in [0.15, 0.2) is 5.67 Å². The van der Waals surface area contributed by atoms with Crippen LogP contribution in [0.4, 0.5) is 30.7 Å². The van der Waals surface area contributed by atoms with E-state index in [9.17, 15) is 45.4 Å². The van der Waals surface area contributed by atoms with Crippen LogP contribution in [0, 0.1) is 5.92 Å². The Morgan fingerprint density at radius 3 is 1.85 bits per heavy atom. The Morgan fingerprint density at radius 2 is 1.44 bits per heavy atom. The van der Waals surface area contributed by atoms with Crippen LogP contribution in [0.1, 0.15) is 46.5 Å². The first-order chi connectivity index (χ1) is 12.0. The van der Waals surface area contributed by atoms with Crippen molar-refractivity contribution in [1.82, 2.24) is 0 Å². The van der Waals surface area contributed by atoms with Gasteiger partial charge in [-0.15, -0.1) is 0 Å². The number of aliphatic carboxylic acids is 1. The molecule has 158 valence electrons. The number of carboxylic acids is 1. The van der Waals surface area contributed by atoms with Gasteiger partial charge in [-0.05, 0) is 31.3 Å². The summed E-state index contributed by atoms with van der Waals surface area (Å²) in [5.41, 5.74) is -3.62. The maximum absolute atomic E-state index is 15.0. The average Bonchev–Trinajstić information content (AvgIpc) is 2.47. The largest absolute Gasteiger partial charge is 0.545 e. The first-order valence-corrected chi connectivity index (χ1v) is 7.90. The molecule has 0 heterocycles. The van der Waals surface area contributed by atoms with E-state index in [0.29, 0.717) is 0 Å². The second-order valence-electron chi connectivity index (χ2n) is 6.40. The summed E-state index contributed by atoms with van der Waals surface area (Å²) in [5, 5.41) is 10.1. The van der Waals surface area contributed by atoms with Crippen LogP contribution in [0.5, 0.6) is 0 Å². The molecule has 27 heavy (non-hydrogen) atoms. The zero-order valence-corrected chi connectivity index (χ0v) is 14.8. The maximum atomic E-state index is 15.0. The number of carbonyl (C=O) groups excluding carboxylic acids is 2. The van der Waals surface area contributed by atoms with Crippen LogP contribution < -0.4 is 5.11 Å². The lowest BCUT2D eigenvalue weighted by molar-refractivity contribution is -0.309. The number of hydrogen-bond acceptors (Lipinski definition) is 4. The molecular weight excluding hydrogens is 389 g/mol. The van der Waals surface area contributed by atoms with E-state index in [1.54, 1.807) is 0 Å². The fourth-order valence-corrected chi connectivity index (χ4v) is 2.31. The van der Waals surface area contributed by atoms with Gasteiger partial charge in [-0.25, -0.2) is 9.18 Å². The Hall–Kier alpha value is -1.81. The molecule has 4 nitrogen and oxygen atoms in total. The van der Waals surface area contributed by atoms with E-state index >= 15 is 0 Å². The van der Waals surface area contributed by atoms with Crippen molar-refractivity contribution in [3.05, 3.63) is 12.2 Å². The normalized spacial score (nSPS) is 17.6. The topological polar surface area (TPSA) is 66.4 Å². The molecule has 2 unspecified atom stereocenters. The molecule has 2 atom stereocenters. The van der Waals surface area contributed by atoms with E-state index in [1.807, 2.05) is 0 Å².